The molecule has 0 atom stereocenters. The molecule has 0 spiro atoms. The van der Waals surface area contributed by atoms with Crippen LogP contribution >= 0.6 is 0 Å². The van der Waals surface area contributed by atoms with Crippen molar-refractivity contribution in [1.29, 1.82) is 0 Å². The van der Waals surface area contributed by atoms with Crippen molar-refractivity contribution in [2.24, 2.45) is 5.92 Å². The number of benzene rings is 1. The summed E-state index contributed by atoms with van der Waals surface area (Å²) < 4.78 is 44.1. The summed E-state index contributed by atoms with van der Waals surface area (Å²) in [6.45, 7) is 12.7. The minimum absolute atomic E-state index is 0.00392. The average molecular weight is 441 g/mol. The van der Waals surface area contributed by atoms with Crippen molar-refractivity contribution in [3.63, 3.8) is 0 Å². The molecule has 1 fully saturated rings. The van der Waals surface area contributed by atoms with E-state index < -0.39 is 20.4 Å². The van der Waals surface area contributed by atoms with E-state index in [4.69, 9.17) is 4.43 Å². The second kappa shape index (κ2) is 9.54. The Bertz CT molecular complexity index is 814. The summed E-state index contributed by atoms with van der Waals surface area (Å²) in [6.07, 6.45) is -2.99. The largest absolute Gasteiger partial charge is 0.471 e. The van der Waals surface area contributed by atoms with Gasteiger partial charge in [-0.15, -0.1) is 0 Å². The van der Waals surface area contributed by atoms with Crippen LogP contribution in [0.3, 0.4) is 0 Å². The fraction of sp³-hybridized carbons (Fsp3) is 0.591. The maximum atomic E-state index is 12.6. The number of hydrogen-bond acceptors (Lipinski definition) is 3. The van der Waals surface area contributed by atoms with Crippen molar-refractivity contribution in [3.8, 4) is 11.8 Å². The molecule has 2 N–H and O–H groups in total. The van der Waals surface area contributed by atoms with E-state index in [1.165, 1.54) is 12.1 Å². The van der Waals surface area contributed by atoms with Crippen LogP contribution < -0.4 is 10.6 Å². The van der Waals surface area contributed by atoms with Gasteiger partial charge >= 0.3 is 12.1 Å². The standard InChI is InChI=1S/C22H31F3N2O2Si/c1-21(2,3)30(4,5)29-15-18-14-19(27-20(28)22(23,24)25)9-8-17(18)7-6-16-10-12-26-13-11-16/h8-9,14,16,26H,10-13,15H2,1-5H3,(H,27,28). The van der Waals surface area contributed by atoms with E-state index in [1.54, 1.807) is 6.07 Å². The average Bonchev–Trinajstić information content (AvgIpc) is 2.64. The van der Waals surface area contributed by atoms with Crippen LogP contribution in [0.5, 0.6) is 0 Å². The maximum Gasteiger partial charge on any atom is 0.471 e. The minimum atomic E-state index is -4.94. The molecule has 1 aliphatic rings. The molecule has 0 saturated carbocycles. The Morgan fingerprint density at radius 3 is 2.43 bits per heavy atom. The Morgan fingerprint density at radius 2 is 1.87 bits per heavy atom. The van der Waals surface area contributed by atoms with Gasteiger partial charge in [-0.1, -0.05) is 32.6 Å². The Hall–Kier alpha value is -1.82. The number of carbonyl (C=O) groups is 1. The number of anilines is 1. The molecule has 0 aromatic heterocycles. The summed E-state index contributed by atoms with van der Waals surface area (Å²) in [4.78, 5) is 11.3. The molecular weight excluding hydrogens is 409 g/mol. The van der Waals surface area contributed by atoms with E-state index >= 15 is 0 Å². The number of alkyl halides is 3. The molecule has 30 heavy (non-hydrogen) atoms. The Morgan fingerprint density at radius 1 is 1.23 bits per heavy atom. The molecule has 1 amide bonds. The number of hydrogen-bond donors (Lipinski definition) is 2. The van der Waals surface area contributed by atoms with Gasteiger partial charge in [0, 0.05) is 17.2 Å². The SMILES string of the molecule is CC(C)(C)[Si](C)(C)OCc1cc(NC(=O)C(F)(F)F)ccc1C#CC1CCNCC1. The van der Waals surface area contributed by atoms with Crippen LogP contribution in [0.1, 0.15) is 44.7 Å². The van der Waals surface area contributed by atoms with Gasteiger partial charge in [0.2, 0.25) is 0 Å². The lowest BCUT2D eigenvalue weighted by atomic mass is 9.98. The summed E-state index contributed by atoms with van der Waals surface area (Å²) >= 11 is 0. The molecule has 2 rings (SSSR count). The Balaban J connectivity index is 2.28. The van der Waals surface area contributed by atoms with Crippen molar-refractivity contribution in [1.82, 2.24) is 5.32 Å². The fourth-order valence-electron chi connectivity index (χ4n) is 2.74. The lowest BCUT2D eigenvalue weighted by Gasteiger charge is -2.36. The number of amides is 1. The first-order chi connectivity index (χ1) is 13.8. The molecule has 1 heterocycles. The number of halogens is 3. The van der Waals surface area contributed by atoms with Gasteiger partial charge in [0.1, 0.15) is 0 Å². The van der Waals surface area contributed by atoms with Gasteiger partial charge in [-0.2, -0.15) is 13.2 Å². The van der Waals surface area contributed by atoms with Crippen LogP contribution in [0.25, 0.3) is 0 Å². The molecule has 8 heteroatoms. The molecule has 1 saturated heterocycles. The molecule has 0 radical (unpaired) electrons. The van der Waals surface area contributed by atoms with Crippen molar-refractivity contribution in [2.45, 2.75) is 64.5 Å². The van der Waals surface area contributed by atoms with Crippen LogP contribution in [0.2, 0.25) is 18.1 Å². The second-order valence-corrected chi connectivity index (χ2v) is 14.0. The van der Waals surface area contributed by atoms with Crippen LogP contribution in [0.15, 0.2) is 18.2 Å². The molecule has 0 bridgehead atoms. The summed E-state index contributed by atoms with van der Waals surface area (Å²) in [5.74, 6) is 4.78. The van der Waals surface area contributed by atoms with Crippen LogP contribution in [0.4, 0.5) is 18.9 Å². The number of nitrogens with one attached hydrogen (secondary N) is 2. The second-order valence-electron chi connectivity index (χ2n) is 9.17. The molecule has 1 aromatic rings. The number of carbonyl (C=O) groups excluding carboxylic acids is 1. The van der Waals surface area contributed by atoms with E-state index in [2.05, 4.69) is 51.0 Å². The van der Waals surface area contributed by atoms with E-state index in [0.29, 0.717) is 11.5 Å². The quantitative estimate of drug-likeness (QED) is 0.508. The molecule has 4 nitrogen and oxygen atoms in total. The monoisotopic (exact) mass is 440 g/mol. The topological polar surface area (TPSA) is 50.4 Å². The van der Waals surface area contributed by atoms with E-state index in [1.807, 2.05) is 5.32 Å². The highest BCUT2D eigenvalue weighted by Gasteiger charge is 2.39. The van der Waals surface area contributed by atoms with Crippen LogP contribution in [-0.2, 0) is 15.8 Å². The first-order valence-corrected chi connectivity index (χ1v) is 13.1. The van der Waals surface area contributed by atoms with Gasteiger partial charge in [-0.05, 0) is 67.8 Å². The zero-order valence-electron chi connectivity index (χ0n) is 18.3. The van der Waals surface area contributed by atoms with Crippen LogP contribution in [-0.4, -0.2) is 33.5 Å². The molecule has 0 unspecified atom stereocenters. The number of rotatable bonds is 4. The Kier molecular flexibility index (Phi) is 7.78. The minimum Gasteiger partial charge on any atom is -0.413 e. The van der Waals surface area contributed by atoms with E-state index in [0.717, 1.165) is 31.5 Å². The predicted molar refractivity (Wildman–Crippen MR) is 116 cm³/mol. The van der Waals surface area contributed by atoms with Gasteiger partial charge in [0.25, 0.3) is 0 Å². The van der Waals surface area contributed by atoms with Gasteiger partial charge in [0.05, 0.1) is 6.61 Å². The van der Waals surface area contributed by atoms with Gasteiger partial charge < -0.3 is 15.1 Å². The third kappa shape index (κ3) is 6.86. The molecule has 1 aromatic carbocycles. The molecule has 166 valence electrons. The fourth-order valence-corrected chi connectivity index (χ4v) is 3.68. The molecule has 0 aliphatic carbocycles. The lowest BCUT2D eigenvalue weighted by molar-refractivity contribution is -0.167. The third-order valence-corrected chi connectivity index (χ3v) is 10.2. The third-order valence-electron chi connectivity index (χ3n) is 5.77. The summed E-state index contributed by atoms with van der Waals surface area (Å²) in [5.41, 5.74) is 1.48. The Labute approximate surface area is 178 Å². The highest BCUT2D eigenvalue weighted by atomic mass is 28.4. The summed E-state index contributed by atoms with van der Waals surface area (Å²) in [7, 11) is -2.07. The molecular formula is C22H31F3N2O2Si. The highest BCUT2D eigenvalue weighted by molar-refractivity contribution is 6.74. The van der Waals surface area contributed by atoms with Crippen molar-refractivity contribution >= 4 is 19.9 Å². The summed E-state index contributed by atoms with van der Waals surface area (Å²) in [6, 6.07) is 4.64. The lowest BCUT2D eigenvalue weighted by Crippen LogP contribution is -2.40. The van der Waals surface area contributed by atoms with Gasteiger partial charge in [0.15, 0.2) is 8.32 Å². The van der Waals surface area contributed by atoms with Crippen molar-refractivity contribution in [2.75, 3.05) is 18.4 Å². The number of piperidine rings is 1. The smallest absolute Gasteiger partial charge is 0.413 e. The first kappa shape index (κ1) is 24.4. The van der Waals surface area contributed by atoms with Crippen molar-refractivity contribution in [3.05, 3.63) is 29.3 Å². The molecule has 1 aliphatic heterocycles. The maximum absolute atomic E-state index is 12.6. The van der Waals surface area contributed by atoms with E-state index in [9.17, 15) is 18.0 Å². The normalized spacial score (nSPS) is 16.0. The van der Waals surface area contributed by atoms with Gasteiger partial charge in [-0.3, -0.25) is 4.79 Å². The van der Waals surface area contributed by atoms with E-state index in [-0.39, 0.29) is 17.3 Å². The predicted octanol–water partition coefficient (Wildman–Crippen LogP) is 5.06. The summed E-state index contributed by atoms with van der Waals surface area (Å²) in [5, 5.41) is 5.21. The van der Waals surface area contributed by atoms with Gasteiger partial charge in [-0.25, -0.2) is 0 Å². The zero-order chi connectivity index (χ0) is 22.6. The van der Waals surface area contributed by atoms with Crippen molar-refractivity contribution < 1.29 is 22.4 Å². The highest BCUT2D eigenvalue weighted by Crippen LogP contribution is 2.37. The van der Waals surface area contributed by atoms with Crippen LogP contribution in [0, 0.1) is 17.8 Å². The zero-order valence-corrected chi connectivity index (χ0v) is 19.3. The first-order valence-electron chi connectivity index (χ1n) is 10.2.